The number of nitrogens with one attached hydrogen (secondary N) is 2. The van der Waals surface area contributed by atoms with Gasteiger partial charge >= 0.3 is 0 Å². The number of aromatic nitrogens is 2. The minimum absolute atomic E-state index is 0.221. The molecule has 0 bridgehead atoms. The van der Waals surface area contributed by atoms with Gasteiger partial charge in [0.15, 0.2) is 0 Å². The van der Waals surface area contributed by atoms with E-state index in [1.165, 1.54) is 37.8 Å². The predicted molar refractivity (Wildman–Crippen MR) is 100 cm³/mol. The van der Waals surface area contributed by atoms with Crippen molar-refractivity contribution < 1.29 is 4.39 Å². The van der Waals surface area contributed by atoms with E-state index in [-0.39, 0.29) is 5.82 Å². The van der Waals surface area contributed by atoms with Gasteiger partial charge in [0.05, 0.1) is 0 Å². The first-order valence-corrected chi connectivity index (χ1v) is 8.95. The molecular weight excluding hydrogens is 315 g/mol. The number of nitrogens with zero attached hydrogens (tertiary/aromatic N) is 2. The lowest BCUT2D eigenvalue weighted by molar-refractivity contribution is 0.627. The quantitative estimate of drug-likeness (QED) is 0.708. The zero-order chi connectivity index (χ0) is 17.5. The van der Waals surface area contributed by atoms with E-state index >= 15 is 0 Å². The van der Waals surface area contributed by atoms with Crippen LogP contribution < -0.4 is 10.6 Å². The Bertz CT molecular complexity index is 725. The van der Waals surface area contributed by atoms with E-state index in [9.17, 15) is 4.39 Å². The molecule has 1 aliphatic rings. The summed E-state index contributed by atoms with van der Waals surface area (Å²) >= 11 is 0. The van der Waals surface area contributed by atoms with Gasteiger partial charge in [0, 0.05) is 24.8 Å². The molecule has 0 amide bonds. The molecule has 25 heavy (non-hydrogen) atoms. The van der Waals surface area contributed by atoms with Crippen LogP contribution in [0.15, 0.2) is 42.0 Å². The molecule has 3 rings (SSSR count). The topological polar surface area (TPSA) is 49.8 Å². The first-order valence-electron chi connectivity index (χ1n) is 8.95. The van der Waals surface area contributed by atoms with Crippen LogP contribution in [0.2, 0.25) is 0 Å². The van der Waals surface area contributed by atoms with E-state index in [2.05, 4.69) is 26.7 Å². The van der Waals surface area contributed by atoms with Crippen molar-refractivity contribution in [2.75, 3.05) is 17.2 Å². The third kappa shape index (κ3) is 5.55. The summed E-state index contributed by atoms with van der Waals surface area (Å²) in [4.78, 5) is 8.97. The summed E-state index contributed by atoms with van der Waals surface area (Å²) in [6, 6.07) is 8.39. The number of benzene rings is 1. The highest BCUT2D eigenvalue weighted by atomic mass is 19.1. The van der Waals surface area contributed by atoms with Crippen molar-refractivity contribution >= 4 is 11.8 Å². The second kappa shape index (κ2) is 8.60. The number of hydrogen-bond acceptors (Lipinski definition) is 4. The monoisotopic (exact) mass is 340 g/mol. The van der Waals surface area contributed by atoms with Gasteiger partial charge in [-0.3, -0.25) is 0 Å². The maximum absolute atomic E-state index is 13.0. The van der Waals surface area contributed by atoms with Crippen LogP contribution in [0, 0.1) is 12.7 Å². The van der Waals surface area contributed by atoms with E-state index in [0.717, 1.165) is 30.0 Å². The van der Waals surface area contributed by atoms with E-state index in [1.807, 2.05) is 13.0 Å². The first kappa shape index (κ1) is 17.4. The maximum Gasteiger partial charge on any atom is 0.224 e. The predicted octanol–water partition coefficient (Wildman–Crippen LogP) is 4.84. The van der Waals surface area contributed by atoms with Crippen LogP contribution >= 0.6 is 0 Å². The molecule has 1 heterocycles. The molecule has 5 heteroatoms. The van der Waals surface area contributed by atoms with Crippen molar-refractivity contribution in [1.29, 1.82) is 0 Å². The number of halogens is 1. The van der Waals surface area contributed by atoms with Gasteiger partial charge in [0.1, 0.15) is 11.6 Å². The van der Waals surface area contributed by atoms with Crippen LogP contribution in [0.25, 0.3) is 0 Å². The molecule has 1 aromatic carbocycles. The number of hydrogen-bond donors (Lipinski definition) is 2. The van der Waals surface area contributed by atoms with Gasteiger partial charge in [-0.05, 0) is 56.7 Å². The summed E-state index contributed by atoms with van der Waals surface area (Å²) in [5.74, 6) is 1.20. The normalized spacial score (nSPS) is 14.1. The van der Waals surface area contributed by atoms with Crippen LogP contribution in [0.3, 0.4) is 0 Å². The molecule has 132 valence electrons. The minimum Gasteiger partial charge on any atom is -0.366 e. The van der Waals surface area contributed by atoms with Crippen LogP contribution in [0.4, 0.5) is 16.2 Å². The fourth-order valence-electron chi connectivity index (χ4n) is 3.00. The number of aryl methyl sites for hydroxylation is 1. The van der Waals surface area contributed by atoms with E-state index in [0.29, 0.717) is 12.5 Å². The molecule has 0 atom stereocenters. The summed E-state index contributed by atoms with van der Waals surface area (Å²) in [5, 5.41) is 6.60. The standard InChI is InChI=1S/C20H25FN4/c1-15-13-19(23-14-17-7-9-18(21)10-8-17)25-20(24-15)22-12-11-16-5-3-2-4-6-16/h5,7-10,13H,2-4,6,11-12,14H2,1H3,(H2,22,23,24,25). The molecule has 0 aliphatic heterocycles. The number of rotatable bonds is 7. The van der Waals surface area contributed by atoms with Gasteiger partial charge in [-0.2, -0.15) is 4.98 Å². The van der Waals surface area contributed by atoms with Gasteiger partial charge < -0.3 is 10.6 Å². The summed E-state index contributed by atoms with van der Waals surface area (Å²) in [6.45, 7) is 3.41. The molecule has 0 unspecified atom stereocenters. The van der Waals surface area contributed by atoms with Crippen molar-refractivity contribution in [2.24, 2.45) is 0 Å². The second-order valence-electron chi connectivity index (χ2n) is 6.48. The molecule has 0 radical (unpaired) electrons. The Kier molecular flexibility index (Phi) is 5.99. The molecule has 0 saturated heterocycles. The molecule has 1 aliphatic carbocycles. The van der Waals surface area contributed by atoms with E-state index in [4.69, 9.17) is 0 Å². The maximum atomic E-state index is 13.0. The zero-order valence-electron chi connectivity index (χ0n) is 14.7. The molecule has 2 N–H and O–H groups in total. The molecule has 0 spiro atoms. The van der Waals surface area contributed by atoms with Crippen molar-refractivity contribution in [2.45, 2.75) is 45.6 Å². The van der Waals surface area contributed by atoms with Gasteiger partial charge in [0.2, 0.25) is 5.95 Å². The molecular formula is C20H25FN4. The van der Waals surface area contributed by atoms with Gasteiger partial charge in [-0.25, -0.2) is 9.37 Å². The Balaban J connectivity index is 1.54. The smallest absolute Gasteiger partial charge is 0.224 e. The highest BCUT2D eigenvalue weighted by molar-refractivity contribution is 5.42. The summed E-state index contributed by atoms with van der Waals surface area (Å²) < 4.78 is 13.0. The second-order valence-corrected chi connectivity index (χ2v) is 6.48. The van der Waals surface area contributed by atoms with Gasteiger partial charge in [-0.15, -0.1) is 0 Å². The molecule has 4 nitrogen and oxygen atoms in total. The third-order valence-corrected chi connectivity index (χ3v) is 4.36. The average molecular weight is 340 g/mol. The summed E-state index contributed by atoms with van der Waals surface area (Å²) in [7, 11) is 0. The lowest BCUT2D eigenvalue weighted by Gasteiger charge is -2.13. The molecule has 1 aromatic heterocycles. The van der Waals surface area contributed by atoms with Crippen molar-refractivity contribution in [3.05, 3.63) is 59.1 Å². The molecule has 0 fully saturated rings. The first-order chi connectivity index (χ1) is 12.2. The molecule has 2 aromatic rings. The third-order valence-electron chi connectivity index (χ3n) is 4.36. The van der Waals surface area contributed by atoms with Gasteiger partial charge in [-0.1, -0.05) is 23.8 Å². The highest BCUT2D eigenvalue weighted by Crippen LogP contribution is 2.20. The van der Waals surface area contributed by atoms with Crippen molar-refractivity contribution in [3.8, 4) is 0 Å². The van der Waals surface area contributed by atoms with Crippen LogP contribution in [-0.4, -0.2) is 16.5 Å². The number of anilines is 2. The number of allylic oxidation sites excluding steroid dienone is 1. The van der Waals surface area contributed by atoms with Crippen LogP contribution in [0.1, 0.15) is 43.4 Å². The van der Waals surface area contributed by atoms with E-state index in [1.54, 1.807) is 17.7 Å². The Morgan fingerprint density at radius 1 is 1.08 bits per heavy atom. The largest absolute Gasteiger partial charge is 0.366 e. The lowest BCUT2D eigenvalue weighted by atomic mass is 9.97. The Labute approximate surface area is 148 Å². The Morgan fingerprint density at radius 2 is 1.92 bits per heavy atom. The molecule has 0 saturated carbocycles. The van der Waals surface area contributed by atoms with Crippen LogP contribution in [-0.2, 0) is 6.54 Å². The fourth-order valence-corrected chi connectivity index (χ4v) is 3.00. The Morgan fingerprint density at radius 3 is 2.68 bits per heavy atom. The highest BCUT2D eigenvalue weighted by Gasteiger charge is 2.05. The van der Waals surface area contributed by atoms with Crippen molar-refractivity contribution in [1.82, 2.24) is 9.97 Å². The summed E-state index contributed by atoms with van der Waals surface area (Å²) in [5.41, 5.74) is 3.47. The van der Waals surface area contributed by atoms with Crippen molar-refractivity contribution in [3.63, 3.8) is 0 Å². The average Bonchev–Trinajstić information content (AvgIpc) is 2.62. The fraction of sp³-hybridized carbons (Fsp3) is 0.400. The lowest BCUT2D eigenvalue weighted by Crippen LogP contribution is -2.10. The van der Waals surface area contributed by atoms with Gasteiger partial charge in [0.25, 0.3) is 0 Å². The Hall–Kier alpha value is -2.43. The zero-order valence-corrected chi connectivity index (χ0v) is 14.7. The van der Waals surface area contributed by atoms with Crippen LogP contribution in [0.5, 0.6) is 0 Å². The minimum atomic E-state index is -0.221. The SMILES string of the molecule is Cc1cc(NCc2ccc(F)cc2)nc(NCCC2=CCCCC2)n1. The summed E-state index contributed by atoms with van der Waals surface area (Å²) in [6.07, 6.45) is 8.49. The van der Waals surface area contributed by atoms with E-state index < -0.39 is 0 Å².